The smallest absolute Gasteiger partial charge is 0.0664 e. The van der Waals surface area contributed by atoms with E-state index in [1.165, 1.54) is 6.21 Å². The molecule has 0 fully saturated rings. The topological polar surface area (TPSA) is 58.6 Å². The number of hydrogen-bond donors (Lipinski definition) is 2. The van der Waals surface area contributed by atoms with E-state index in [0.29, 0.717) is 6.54 Å². The van der Waals surface area contributed by atoms with Crippen LogP contribution < -0.4 is 5.73 Å². The van der Waals surface area contributed by atoms with Crippen LogP contribution in [0.15, 0.2) is 29.5 Å². The molecular formula is C7H12N2O. The van der Waals surface area contributed by atoms with Gasteiger partial charge in [-0.15, -0.1) is 0 Å². The molecule has 0 aliphatic carbocycles. The molecule has 3 N–H and O–H groups in total. The third-order valence-corrected chi connectivity index (χ3v) is 1.05. The molecular weight excluding hydrogens is 128 g/mol. The molecule has 56 valence electrons. The molecule has 0 bridgehead atoms. The van der Waals surface area contributed by atoms with Crippen molar-refractivity contribution in [2.75, 3.05) is 6.54 Å². The van der Waals surface area contributed by atoms with Gasteiger partial charge in [0, 0.05) is 0 Å². The summed E-state index contributed by atoms with van der Waals surface area (Å²) in [4.78, 5) is 0. The predicted molar refractivity (Wildman–Crippen MR) is 42.2 cm³/mol. The maximum absolute atomic E-state index is 8.04. The van der Waals surface area contributed by atoms with Gasteiger partial charge in [0.05, 0.1) is 6.21 Å². The van der Waals surface area contributed by atoms with Crippen LogP contribution in [0.4, 0.5) is 0 Å². The van der Waals surface area contributed by atoms with Crippen molar-refractivity contribution in [3.05, 3.63) is 24.3 Å². The van der Waals surface area contributed by atoms with Crippen LogP contribution in [0.3, 0.4) is 0 Å². The zero-order chi connectivity index (χ0) is 7.82. The van der Waals surface area contributed by atoms with E-state index in [9.17, 15) is 0 Å². The summed E-state index contributed by atoms with van der Waals surface area (Å²) in [6.45, 7) is 4.15. The number of rotatable bonds is 4. The van der Waals surface area contributed by atoms with Crippen LogP contribution >= 0.6 is 0 Å². The van der Waals surface area contributed by atoms with Gasteiger partial charge in [-0.1, -0.05) is 17.8 Å². The fourth-order valence-electron chi connectivity index (χ4n) is 0.549. The molecule has 0 aromatic rings. The van der Waals surface area contributed by atoms with Gasteiger partial charge in [-0.2, -0.15) is 0 Å². The second-order valence-corrected chi connectivity index (χ2v) is 1.75. The molecule has 3 heteroatoms. The standard InChI is InChI=1S/C7H12N2O/c1-2-7(3-5-8)4-6-9-10/h2,4,6,10H,1,3,5,8H2/b7-4+,9-6?. The molecule has 0 heterocycles. The van der Waals surface area contributed by atoms with E-state index >= 15 is 0 Å². The first-order valence-electron chi connectivity index (χ1n) is 3.04. The average molecular weight is 140 g/mol. The van der Waals surface area contributed by atoms with Crippen molar-refractivity contribution in [3.8, 4) is 0 Å². The second kappa shape index (κ2) is 6.04. The summed E-state index contributed by atoms with van der Waals surface area (Å²) in [6.07, 6.45) is 5.41. The first kappa shape index (κ1) is 8.91. The van der Waals surface area contributed by atoms with Crippen LogP contribution in [0.25, 0.3) is 0 Å². The second-order valence-electron chi connectivity index (χ2n) is 1.75. The Hall–Kier alpha value is -1.09. The van der Waals surface area contributed by atoms with Gasteiger partial charge >= 0.3 is 0 Å². The molecule has 0 aromatic carbocycles. The minimum Gasteiger partial charge on any atom is -0.411 e. The third kappa shape index (κ3) is 3.86. The van der Waals surface area contributed by atoms with Crippen molar-refractivity contribution in [2.45, 2.75) is 6.42 Å². The van der Waals surface area contributed by atoms with Crippen LogP contribution in [-0.2, 0) is 0 Å². The number of nitrogens with two attached hydrogens (primary N) is 1. The molecule has 10 heavy (non-hydrogen) atoms. The maximum atomic E-state index is 8.04. The highest BCUT2D eigenvalue weighted by atomic mass is 16.4. The van der Waals surface area contributed by atoms with Crippen LogP contribution in [0.2, 0.25) is 0 Å². The Kier molecular flexibility index (Phi) is 5.38. The molecule has 0 unspecified atom stereocenters. The highest BCUT2D eigenvalue weighted by Crippen LogP contribution is 1.98. The van der Waals surface area contributed by atoms with Gasteiger partial charge in [-0.05, 0) is 24.6 Å². The van der Waals surface area contributed by atoms with E-state index in [1.807, 2.05) is 0 Å². The quantitative estimate of drug-likeness (QED) is 0.264. The lowest BCUT2D eigenvalue weighted by molar-refractivity contribution is 0.322. The predicted octanol–water partition coefficient (Wildman–Crippen LogP) is 0.908. The van der Waals surface area contributed by atoms with E-state index in [-0.39, 0.29) is 0 Å². The lowest BCUT2D eigenvalue weighted by Gasteiger charge is -1.93. The van der Waals surface area contributed by atoms with E-state index in [4.69, 9.17) is 10.9 Å². The third-order valence-electron chi connectivity index (χ3n) is 1.05. The summed E-state index contributed by atoms with van der Waals surface area (Å²) < 4.78 is 0. The summed E-state index contributed by atoms with van der Waals surface area (Å²) in [6, 6.07) is 0. The minimum absolute atomic E-state index is 0.580. The molecule has 0 rings (SSSR count). The van der Waals surface area contributed by atoms with E-state index in [2.05, 4.69) is 11.7 Å². The first-order chi connectivity index (χ1) is 4.85. The van der Waals surface area contributed by atoms with Crippen molar-refractivity contribution in [2.24, 2.45) is 10.9 Å². The van der Waals surface area contributed by atoms with Crippen LogP contribution in [-0.4, -0.2) is 18.0 Å². The fraction of sp³-hybridized carbons (Fsp3) is 0.286. The van der Waals surface area contributed by atoms with Crippen molar-refractivity contribution >= 4 is 6.21 Å². The van der Waals surface area contributed by atoms with Crippen molar-refractivity contribution in [1.82, 2.24) is 0 Å². The Morgan fingerprint density at radius 1 is 1.70 bits per heavy atom. The van der Waals surface area contributed by atoms with Crippen LogP contribution in [0, 0.1) is 0 Å². The number of hydrogen-bond acceptors (Lipinski definition) is 3. The zero-order valence-electron chi connectivity index (χ0n) is 5.83. The first-order valence-corrected chi connectivity index (χ1v) is 3.04. The van der Waals surface area contributed by atoms with E-state index < -0.39 is 0 Å². The molecule has 3 nitrogen and oxygen atoms in total. The van der Waals surface area contributed by atoms with Crippen LogP contribution in [0.5, 0.6) is 0 Å². The molecule has 0 aromatic heterocycles. The monoisotopic (exact) mass is 140 g/mol. The van der Waals surface area contributed by atoms with Gasteiger partial charge in [-0.25, -0.2) is 0 Å². The fourth-order valence-corrected chi connectivity index (χ4v) is 0.549. The van der Waals surface area contributed by atoms with Gasteiger partial charge in [0.1, 0.15) is 0 Å². The normalized spacial score (nSPS) is 12.3. The van der Waals surface area contributed by atoms with Gasteiger partial charge < -0.3 is 10.9 Å². The average Bonchev–Trinajstić information content (AvgIpc) is 1.98. The molecule has 0 spiro atoms. The Morgan fingerprint density at radius 3 is 2.80 bits per heavy atom. The van der Waals surface area contributed by atoms with Gasteiger partial charge in [0.15, 0.2) is 0 Å². The molecule has 0 aliphatic heterocycles. The maximum Gasteiger partial charge on any atom is 0.0664 e. The summed E-state index contributed by atoms with van der Waals surface area (Å²) in [5.41, 5.74) is 6.25. The highest BCUT2D eigenvalue weighted by molar-refractivity contribution is 5.72. The Balaban J connectivity index is 3.90. The SMILES string of the molecule is C=C/C(=C\C=NO)CCN. The minimum atomic E-state index is 0.580. The lowest BCUT2D eigenvalue weighted by atomic mass is 10.2. The summed E-state index contributed by atoms with van der Waals surface area (Å²) >= 11 is 0. The summed E-state index contributed by atoms with van der Waals surface area (Å²) in [7, 11) is 0. The van der Waals surface area contributed by atoms with E-state index in [0.717, 1.165) is 12.0 Å². The molecule has 0 aliphatic rings. The largest absolute Gasteiger partial charge is 0.411 e. The molecule has 0 amide bonds. The molecule has 0 atom stereocenters. The molecule has 0 saturated heterocycles. The van der Waals surface area contributed by atoms with Crippen molar-refractivity contribution < 1.29 is 5.21 Å². The number of oxime groups is 1. The Labute approximate surface area is 60.5 Å². The Bertz CT molecular complexity index is 150. The van der Waals surface area contributed by atoms with Gasteiger partial charge in [0.2, 0.25) is 0 Å². The summed E-state index contributed by atoms with van der Waals surface area (Å²) in [5.74, 6) is 0. The number of nitrogens with zero attached hydrogens (tertiary/aromatic N) is 1. The van der Waals surface area contributed by atoms with Gasteiger partial charge in [0.25, 0.3) is 0 Å². The lowest BCUT2D eigenvalue weighted by Crippen LogP contribution is -1.98. The molecule has 0 saturated carbocycles. The van der Waals surface area contributed by atoms with E-state index in [1.54, 1.807) is 12.2 Å². The van der Waals surface area contributed by atoms with Crippen LogP contribution in [0.1, 0.15) is 6.42 Å². The molecule has 0 radical (unpaired) electrons. The zero-order valence-corrected chi connectivity index (χ0v) is 5.83. The van der Waals surface area contributed by atoms with Gasteiger partial charge in [-0.3, -0.25) is 0 Å². The highest BCUT2D eigenvalue weighted by Gasteiger charge is 1.85. The summed E-state index contributed by atoms with van der Waals surface area (Å²) in [5, 5.41) is 10.9. The number of allylic oxidation sites excluding steroid dienone is 2. The van der Waals surface area contributed by atoms with Crippen molar-refractivity contribution in [3.63, 3.8) is 0 Å². The van der Waals surface area contributed by atoms with Crippen molar-refractivity contribution in [1.29, 1.82) is 0 Å². The Morgan fingerprint density at radius 2 is 2.40 bits per heavy atom.